The zero-order valence-corrected chi connectivity index (χ0v) is 12.8. The van der Waals surface area contributed by atoms with Gasteiger partial charge < -0.3 is 16.4 Å². The van der Waals surface area contributed by atoms with Gasteiger partial charge in [0, 0.05) is 24.9 Å². The Morgan fingerprint density at radius 1 is 1.35 bits per heavy atom. The number of amides is 2. The summed E-state index contributed by atoms with van der Waals surface area (Å²) in [5.41, 5.74) is 5.68. The second kappa shape index (κ2) is 8.95. The van der Waals surface area contributed by atoms with Gasteiger partial charge in [-0.25, -0.2) is 0 Å². The molecule has 0 heterocycles. The first-order valence-corrected chi connectivity index (χ1v) is 7.83. The predicted molar refractivity (Wildman–Crippen MR) is 80.0 cm³/mol. The van der Waals surface area contributed by atoms with E-state index in [0.29, 0.717) is 25.4 Å². The summed E-state index contributed by atoms with van der Waals surface area (Å²) in [6.07, 6.45) is 5.32. The molecule has 0 aliphatic heterocycles. The Hall–Kier alpha value is -1.10. The SMILES string of the molecule is CCC(C)NC(=O)CCNC(=O)C1CCCC(CN)C1. The van der Waals surface area contributed by atoms with Crippen molar-refractivity contribution in [2.45, 2.75) is 58.4 Å². The number of hydrogen-bond donors (Lipinski definition) is 3. The number of rotatable bonds is 7. The highest BCUT2D eigenvalue weighted by Gasteiger charge is 2.26. The summed E-state index contributed by atoms with van der Waals surface area (Å²) < 4.78 is 0. The van der Waals surface area contributed by atoms with Gasteiger partial charge >= 0.3 is 0 Å². The monoisotopic (exact) mass is 283 g/mol. The van der Waals surface area contributed by atoms with E-state index in [4.69, 9.17) is 5.73 Å². The van der Waals surface area contributed by atoms with Crippen molar-refractivity contribution in [1.82, 2.24) is 10.6 Å². The lowest BCUT2D eigenvalue weighted by atomic mass is 9.81. The van der Waals surface area contributed by atoms with E-state index in [2.05, 4.69) is 10.6 Å². The number of hydrogen-bond acceptors (Lipinski definition) is 3. The minimum atomic E-state index is 0.00290. The van der Waals surface area contributed by atoms with Gasteiger partial charge in [-0.2, -0.15) is 0 Å². The molecule has 20 heavy (non-hydrogen) atoms. The van der Waals surface area contributed by atoms with Crippen molar-refractivity contribution in [3.05, 3.63) is 0 Å². The maximum absolute atomic E-state index is 12.0. The molecule has 3 atom stereocenters. The standard InChI is InChI=1S/C15H29N3O2/c1-3-11(2)18-14(19)7-8-17-15(20)13-6-4-5-12(9-13)10-16/h11-13H,3-10,16H2,1-2H3,(H,17,20)(H,18,19). The first-order valence-electron chi connectivity index (χ1n) is 7.83. The Morgan fingerprint density at radius 2 is 2.10 bits per heavy atom. The number of carbonyl (C=O) groups is 2. The molecule has 0 saturated heterocycles. The molecule has 5 heteroatoms. The smallest absolute Gasteiger partial charge is 0.223 e. The number of carbonyl (C=O) groups excluding carboxylic acids is 2. The molecule has 3 unspecified atom stereocenters. The molecule has 1 aliphatic rings. The minimum absolute atomic E-state index is 0.00290. The van der Waals surface area contributed by atoms with Crippen LogP contribution in [-0.2, 0) is 9.59 Å². The molecule has 1 rings (SSSR count). The molecule has 116 valence electrons. The van der Waals surface area contributed by atoms with Crippen molar-refractivity contribution >= 4 is 11.8 Å². The van der Waals surface area contributed by atoms with Gasteiger partial charge in [0.25, 0.3) is 0 Å². The lowest BCUT2D eigenvalue weighted by Gasteiger charge is -2.27. The van der Waals surface area contributed by atoms with E-state index in [-0.39, 0.29) is 23.8 Å². The Morgan fingerprint density at radius 3 is 2.75 bits per heavy atom. The van der Waals surface area contributed by atoms with Crippen molar-refractivity contribution in [3.63, 3.8) is 0 Å². The van der Waals surface area contributed by atoms with E-state index in [1.807, 2.05) is 13.8 Å². The van der Waals surface area contributed by atoms with Crippen LogP contribution in [0.2, 0.25) is 0 Å². The zero-order chi connectivity index (χ0) is 15.0. The molecule has 0 radical (unpaired) electrons. The van der Waals surface area contributed by atoms with E-state index in [1.54, 1.807) is 0 Å². The largest absolute Gasteiger partial charge is 0.355 e. The van der Waals surface area contributed by atoms with Gasteiger partial charge in [0.05, 0.1) is 0 Å². The van der Waals surface area contributed by atoms with Crippen LogP contribution in [0.1, 0.15) is 52.4 Å². The molecule has 1 fully saturated rings. The molecule has 0 aromatic heterocycles. The fourth-order valence-corrected chi connectivity index (χ4v) is 2.64. The summed E-state index contributed by atoms with van der Waals surface area (Å²) in [5, 5.41) is 5.77. The van der Waals surface area contributed by atoms with E-state index >= 15 is 0 Å². The molecule has 1 saturated carbocycles. The summed E-state index contributed by atoms with van der Waals surface area (Å²) in [6, 6.07) is 0.196. The first kappa shape index (κ1) is 17.0. The molecule has 4 N–H and O–H groups in total. The average molecular weight is 283 g/mol. The number of nitrogens with two attached hydrogens (primary N) is 1. The van der Waals surface area contributed by atoms with Crippen LogP contribution in [0.25, 0.3) is 0 Å². The second-order valence-corrected chi connectivity index (χ2v) is 5.88. The Bertz CT molecular complexity index is 320. The van der Waals surface area contributed by atoms with E-state index in [1.165, 1.54) is 0 Å². The normalized spacial score (nSPS) is 23.9. The van der Waals surface area contributed by atoms with Crippen molar-refractivity contribution in [2.75, 3.05) is 13.1 Å². The van der Waals surface area contributed by atoms with Crippen LogP contribution in [-0.4, -0.2) is 30.9 Å². The third-order valence-electron chi connectivity index (χ3n) is 4.16. The third-order valence-corrected chi connectivity index (χ3v) is 4.16. The summed E-state index contributed by atoms with van der Waals surface area (Å²) in [7, 11) is 0. The fourth-order valence-electron chi connectivity index (χ4n) is 2.64. The van der Waals surface area contributed by atoms with Crippen molar-refractivity contribution in [1.29, 1.82) is 0 Å². The minimum Gasteiger partial charge on any atom is -0.355 e. The van der Waals surface area contributed by atoms with Gasteiger partial charge in [-0.05, 0) is 45.1 Å². The summed E-state index contributed by atoms with van der Waals surface area (Å²) in [6.45, 7) is 5.10. The Kier molecular flexibility index (Phi) is 7.59. The molecule has 0 bridgehead atoms. The van der Waals surface area contributed by atoms with Gasteiger partial charge in [-0.15, -0.1) is 0 Å². The van der Waals surface area contributed by atoms with Crippen molar-refractivity contribution in [3.8, 4) is 0 Å². The maximum atomic E-state index is 12.0. The maximum Gasteiger partial charge on any atom is 0.223 e. The molecule has 1 aliphatic carbocycles. The van der Waals surface area contributed by atoms with Crippen molar-refractivity contribution < 1.29 is 9.59 Å². The summed E-state index contributed by atoms with van der Waals surface area (Å²) in [4.78, 5) is 23.6. The van der Waals surface area contributed by atoms with E-state index in [0.717, 1.165) is 32.1 Å². The van der Waals surface area contributed by atoms with Gasteiger partial charge in [0.15, 0.2) is 0 Å². The Labute approximate surface area is 122 Å². The van der Waals surface area contributed by atoms with Crippen LogP contribution in [0.4, 0.5) is 0 Å². The zero-order valence-electron chi connectivity index (χ0n) is 12.8. The lowest BCUT2D eigenvalue weighted by Crippen LogP contribution is -2.38. The van der Waals surface area contributed by atoms with Crippen LogP contribution in [0.15, 0.2) is 0 Å². The average Bonchev–Trinajstić information content (AvgIpc) is 2.46. The molecule has 5 nitrogen and oxygen atoms in total. The summed E-state index contributed by atoms with van der Waals surface area (Å²) >= 11 is 0. The first-order chi connectivity index (χ1) is 9.56. The molecular formula is C15H29N3O2. The predicted octanol–water partition coefficient (Wildman–Crippen LogP) is 1.17. The number of nitrogens with one attached hydrogen (secondary N) is 2. The second-order valence-electron chi connectivity index (χ2n) is 5.88. The highest BCUT2D eigenvalue weighted by atomic mass is 16.2. The van der Waals surface area contributed by atoms with Crippen molar-refractivity contribution in [2.24, 2.45) is 17.6 Å². The topological polar surface area (TPSA) is 84.2 Å². The molecule has 0 aromatic rings. The highest BCUT2D eigenvalue weighted by molar-refractivity contribution is 5.80. The quantitative estimate of drug-likeness (QED) is 0.656. The van der Waals surface area contributed by atoms with Gasteiger partial charge in [-0.3, -0.25) is 9.59 Å². The van der Waals surface area contributed by atoms with Gasteiger partial charge in [0.1, 0.15) is 0 Å². The van der Waals surface area contributed by atoms with Crippen LogP contribution in [0.3, 0.4) is 0 Å². The summed E-state index contributed by atoms with van der Waals surface area (Å²) in [5.74, 6) is 0.644. The van der Waals surface area contributed by atoms with Crippen LogP contribution < -0.4 is 16.4 Å². The van der Waals surface area contributed by atoms with E-state index in [9.17, 15) is 9.59 Å². The fraction of sp³-hybridized carbons (Fsp3) is 0.867. The molecule has 0 aromatic carbocycles. The van der Waals surface area contributed by atoms with Crippen LogP contribution >= 0.6 is 0 Å². The van der Waals surface area contributed by atoms with E-state index < -0.39 is 0 Å². The lowest BCUT2D eigenvalue weighted by molar-refractivity contribution is -0.126. The molecular weight excluding hydrogens is 254 g/mol. The molecule has 2 amide bonds. The van der Waals surface area contributed by atoms with Gasteiger partial charge in [-0.1, -0.05) is 13.3 Å². The van der Waals surface area contributed by atoms with Crippen LogP contribution in [0, 0.1) is 11.8 Å². The van der Waals surface area contributed by atoms with Gasteiger partial charge in [0.2, 0.25) is 11.8 Å². The third kappa shape index (κ3) is 5.90. The highest BCUT2D eigenvalue weighted by Crippen LogP contribution is 2.28. The molecule has 0 spiro atoms. The van der Waals surface area contributed by atoms with Crippen LogP contribution in [0.5, 0.6) is 0 Å². The Balaban J connectivity index is 2.21.